The minimum atomic E-state index is -0.206. The number of oxazole rings is 1. The number of rotatable bonds is 5. The third kappa shape index (κ3) is 5.43. The fourth-order valence-corrected chi connectivity index (χ4v) is 4.91. The van der Waals surface area contributed by atoms with Gasteiger partial charge in [0, 0.05) is 30.4 Å². The lowest BCUT2D eigenvalue weighted by molar-refractivity contribution is -0.131. The van der Waals surface area contributed by atoms with Crippen molar-refractivity contribution < 1.29 is 13.6 Å². The molecule has 3 heterocycles. The van der Waals surface area contributed by atoms with E-state index in [1.54, 1.807) is 13.1 Å². The van der Waals surface area contributed by atoms with Crippen molar-refractivity contribution in [3.63, 3.8) is 0 Å². The summed E-state index contributed by atoms with van der Waals surface area (Å²) in [5.41, 5.74) is 5.73. The van der Waals surface area contributed by atoms with Crippen LogP contribution >= 0.6 is 0 Å². The van der Waals surface area contributed by atoms with E-state index >= 15 is 0 Å². The summed E-state index contributed by atoms with van der Waals surface area (Å²) in [5, 5.41) is 0. The van der Waals surface area contributed by atoms with Crippen LogP contribution in [0.2, 0.25) is 0 Å². The van der Waals surface area contributed by atoms with E-state index in [0.29, 0.717) is 24.5 Å². The van der Waals surface area contributed by atoms with Crippen molar-refractivity contribution in [3.8, 4) is 0 Å². The van der Waals surface area contributed by atoms with Gasteiger partial charge in [0.15, 0.2) is 0 Å². The summed E-state index contributed by atoms with van der Waals surface area (Å²) in [5.74, 6) is 1.32. The number of benzene rings is 2. The molecular weight excluding hydrogens is 465 g/mol. The molecule has 2 aliphatic rings. The molecule has 37 heavy (non-hydrogen) atoms. The molecule has 2 aromatic carbocycles. The number of halogens is 1. The van der Waals surface area contributed by atoms with Crippen LogP contribution in [0.5, 0.6) is 0 Å². The molecule has 1 unspecified atom stereocenters. The van der Waals surface area contributed by atoms with Gasteiger partial charge < -0.3 is 14.2 Å². The normalized spacial score (nSPS) is 18.2. The Morgan fingerprint density at radius 2 is 1.92 bits per heavy atom. The van der Waals surface area contributed by atoms with E-state index in [9.17, 15) is 9.18 Å². The first-order chi connectivity index (χ1) is 17.9. The Balaban J connectivity index is 1.40. The standard InChI is InChI=1S/C31H32FN3O2/c1-21-17-26(11-12-28(21)32)27-10-9-22(2)35(29(18-27)24-7-5-4-6-8-24)20-30(36)34-15-13-25(14-16-34)31-33-19-23(3)37-31/h4-8,10-13,17-19,22H,9,14-16,20H2,1-3H3. The fraction of sp³-hybridized carbons (Fsp3) is 0.290. The van der Waals surface area contributed by atoms with Gasteiger partial charge in [-0.1, -0.05) is 48.6 Å². The summed E-state index contributed by atoms with van der Waals surface area (Å²) >= 11 is 0. The average molecular weight is 498 g/mol. The molecule has 5 nitrogen and oxygen atoms in total. The maximum Gasteiger partial charge on any atom is 0.242 e. The third-order valence-corrected chi connectivity index (χ3v) is 7.14. The zero-order chi connectivity index (χ0) is 25.9. The van der Waals surface area contributed by atoms with Crippen molar-refractivity contribution in [2.75, 3.05) is 19.6 Å². The lowest BCUT2D eigenvalue weighted by atomic mass is 10.00. The molecule has 1 aromatic heterocycles. The van der Waals surface area contributed by atoms with Crippen LogP contribution in [0.4, 0.5) is 4.39 Å². The topological polar surface area (TPSA) is 49.6 Å². The summed E-state index contributed by atoms with van der Waals surface area (Å²) in [7, 11) is 0. The lowest BCUT2D eigenvalue weighted by Crippen LogP contribution is -2.44. The highest BCUT2D eigenvalue weighted by Gasteiger charge is 2.27. The van der Waals surface area contributed by atoms with E-state index in [-0.39, 0.29) is 24.3 Å². The van der Waals surface area contributed by atoms with E-state index in [4.69, 9.17) is 4.42 Å². The van der Waals surface area contributed by atoms with E-state index in [2.05, 4.69) is 41.1 Å². The van der Waals surface area contributed by atoms with Crippen LogP contribution < -0.4 is 0 Å². The molecule has 0 N–H and O–H groups in total. The van der Waals surface area contributed by atoms with Crippen molar-refractivity contribution in [1.29, 1.82) is 0 Å². The first-order valence-corrected chi connectivity index (χ1v) is 12.8. The van der Waals surface area contributed by atoms with Crippen molar-refractivity contribution in [2.45, 2.75) is 39.7 Å². The Hall–Kier alpha value is -3.93. The average Bonchev–Trinajstić information content (AvgIpc) is 3.28. The van der Waals surface area contributed by atoms with Crippen molar-refractivity contribution in [3.05, 3.63) is 107 Å². The predicted octanol–water partition coefficient (Wildman–Crippen LogP) is 6.27. The minimum absolute atomic E-state index is 0.0913. The van der Waals surface area contributed by atoms with Crippen LogP contribution in [0.15, 0.2) is 77.4 Å². The van der Waals surface area contributed by atoms with Gasteiger partial charge in [-0.2, -0.15) is 0 Å². The Kier molecular flexibility index (Phi) is 7.08. The number of nitrogens with zero attached hydrogens (tertiary/aromatic N) is 3. The predicted molar refractivity (Wildman–Crippen MR) is 145 cm³/mol. The molecule has 1 amide bonds. The van der Waals surface area contributed by atoms with Crippen LogP contribution in [0.1, 0.15) is 48.1 Å². The van der Waals surface area contributed by atoms with E-state index in [1.807, 2.05) is 48.2 Å². The van der Waals surface area contributed by atoms with Gasteiger partial charge in [-0.3, -0.25) is 4.79 Å². The van der Waals surface area contributed by atoms with Crippen molar-refractivity contribution in [1.82, 2.24) is 14.8 Å². The molecule has 0 fully saturated rings. The largest absolute Gasteiger partial charge is 0.442 e. The Bertz CT molecular complexity index is 1390. The number of aromatic nitrogens is 1. The summed E-state index contributed by atoms with van der Waals surface area (Å²) in [4.78, 5) is 21.9. The second kappa shape index (κ2) is 10.6. The van der Waals surface area contributed by atoms with E-state index < -0.39 is 0 Å². The molecule has 6 heteroatoms. The molecular formula is C31H32FN3O2. The number of hydrogen-bond donors (Lipinski definition) is 0. The SMILES string of the molecule is Cc1cnc(C2=CCN(C(=O)CN3C(c4ccccc4)=CC(c4ccc(F)c(C)c4)=CCC3C)CC2)o1. The molecule has 0 aliphatic carbocycles. The highest BCUT2D eigenvalue weighted by molar-refractivity contribution is 5.87. The van der Waals surface area contributed by atoms with Gasteiger partial charge in [-0.05, 0) is 74.1 Å². The highest BCUT2D eigenvalue weighted by atomic mass is 19.1. The third-order valence-electron chi connectivity index (χ3n) is 7.14. The maximum atomic E-state index is 14.0. The first-order valence-electron chi connectivity index (χ1n) is 12.8. The second-order valence-electron chi connectivity index (χ2n) is 9.83. The number of carbonyl (C=O) groups excluding carboxylic acids is 1. The molecule has 190 valence electrons. The molecule has 0 saturated heterocycles. The van der Waals surface area contributed by atoms with Gasteiger partial charge in [0.25, 0.3) is 0 Å². The summed E-state index contributed by atoms with van der Waals surface area (Å²) in [6.07, 6.45) is 9.60. The van der Waals surface area contributed by atoms with Crippen LogP contribution in [0, 0.1) is 19.7 Å². The number of amides is 1. The first kappa shape index (κ1) is 24.8. The van der Waals surface area contributed by atoms with Gasteiger partial charge in [-0.15, -0.1) is 0 Å². The van der Waals surface area contributed by atoms with Crippen LogP contribution in [-0.4, -0.2) is 46.4 Å². The molecule has 0 radical (unpaired) electrons. The van der Waals surface area contributed by atoms with Crippen LogP contribution in [-0.2, 0) is 4.79 Å². The molecule has 3 aromatic rings. The number of allylic oxidation sites excluding steroid dienone is 2. The number of aryl methyl sites for hydroxylation is 2. The van der Waals surface area contributed by atoms with Gasteiger partial charge in [0.05, 0.1) is 12.7 Å². The monoisotopic (exact) mass is 497 g/mol. The Morgan fingerprint density at radius 3 is 2.59 bits per heavy atom. The number of hydrogen-bond acceptors (Lipinski definition) is 4. The summed E-state index contributed by atoms with van der Waals surface area (Å²) in [6, 6.07) is 15.5. The van der Waals surface area contributed by atoms with Gasteiger partial charge in [0.2, 0.25) is 11.8 Å². The fourth-order valence-electron chi connectivity index (χ4n) is 4.91. The van der Waals surface area contributed by atoms with Crippen molar-refractivity contribution >= 4 is 22.8 Å². The molecule has 0 saturated carbocycles. The molecule has 2 aliphatic heterocycles. The smallest absolute Gasteiger partial charge is 0.242 e. The maximum absolute atomic E-state index is 14.0. The summed E-state index contributed by atoms with van der Waals surface area (Å²) in [6.45, 7) is 7.28. The highest BCUT2D eigenvalue weighted by Crippen LogP contribution is 2.32. The van der Waals surface area contributed by atoms with Gasteiger partial charge in [-0.25, -0.2) is 9.37 Å². The van der Waals surface area contributed by atoms with Crippen molar-refractivity contribution in [2.24, 2.45) is 0 Å². The van der Waals surface area contributed by atoms with Crippen LogP contribution in [0.3, 0.4) is 0 Å². The zero-order valence-electron chi connectivity index (χ0n) is 21.6. The van der Waals surface area contributed by atoms with E-state index in [0.717, 1.165) is 46.6 Å². The minimum Gasteiger partial charge on any atom is -0.442 e. The molecule has 0 spiro atoms. The quantitative estimate of drug-likeness (QED) is 0.417. The van der Waals surface area contributed by atoms with E-state index in [1.165, 1.54) is 6.07 Å². The zero-order valence-corrected chi connectivity index (χ0v) is 21.6. The summed E-state index contributed by atoms with van der Waals surface area (Å²) < 4.78 is 19.6. The Labute approximate surface area is 217 Å². The van der Waals surface area contributed by atoms with Crippen LogP contribution in [0.25, 0.3) is 16.8 Å². The molecule has 5 rings (SSSR count). The molecule has 0 bridgehead atoms. The van der Waals surface area contributed by atoms with Gasteiger partial charge in [0.1, 0.15) is 11.6 Å². The second-order valence-corrected chi connectivity index (χ2v) is 9.83. The van der Waals surface area contributed by atoms with Gasteiger partial charge >= 0.3 is 0 Å². The molecule has 1 atom stereocenters. The number of carbonyl (C=O) groups is 1. The Morgan fingerprint density at radius 1 is 1.11 bits per heavy atom. The lowest BCUT2D eigenvalue weighted by Gasteiger charge is -2.34.